The third kappa shape index (κ3) is 6.50. The van der Waals surface area contributed by atoms with Crippen molar-refractivity contribution in [2.75, 3.05) is 5.32 Å². The second kappa shape index (κ2) is 10.6. The Balaban J connectivity index is 1.88. The van der Waals surface area contributed by atoms with Crippen molar-refractivity contribution < 1.29 is 27.1 Å². The van der Waals surface area contributed by atoms with Gasteiger partial charge in [0.2, 0.25) is 0 Å². The molecule has 0 saturated carbocycles. The van der Waals surface area contributed by atoms with Gasteiger partial charge in [0.15, 0.2) is 0 Å². The van der Waals surface area contributed by atoms with Crippen molar-refractivity contribution in [3.8, 4) is 11.8 Å². The van der Waals surface area contributed by atoms with Crippen LogP contribution in [-0.4, -0.2) is 5.91 Å². The largest absolute Gasteiger partial charge is 0.487 e. The number of hydrogen-bond acceptors (Lipinski definition) is 3. The zero-order chi connectivity index (χ0) is 24.9. The normalized spacial score (nSPS) is 11.6. The van der Waals surface area contributed by atoms with Gasteiger partial charge in [-0.05, 0) is 54.1 Å². The Labute approximate surface area is 202 Å². The maximum absolute atomic E-state index is 13.1. The zero-order valence-corrected chi connectivity index (χ0v) is 18.6. The van der Waals surface area contributed by atoms with Gasteiger partial charge in [-0.15, -0.1) is 0 Å². The molecule has 10 heteroatoms. The van der Waals surface area contributed by atoms with Crippen molar-refractivity contribution in [1.29, 1.82) is 5.26 Å². The van der Waals surface area contributed by atoms with E-state index in [0.29, 0.717) is 5.56 Å². The molecule has 174 valence electrons. The number of nitriles is 1. The molecule has 0 unspecified atom stereocenters. The predicted octanol–water partition coefficient (Wildman–Crippen LogP) is 7.28. The molecule has 0 aliphatic heterocycles. The van der Waals surface area contributed by atoms with Crippen LogP contribution in [0.1, 0.15) is 16.7 Å². The first-order chi connectivity index (χ1) is 16.1. The zero-order valence-electron chi connectivity index (χ0n) is 17.1. The van der Waals surface area contributed by atoms with Crippen LogP contribution in [0.2, 0.25) is 10.0 Å². The maximum atomic E-state index is 13.1. The molecule has 0 bridgehead atoms. The standard InChI is InChI=1S/C24H14Cl2F4N2O2/c25-18-9-15(22(21(26)11-18)34-13-14-4-6-19(27)7-5-14)8-16(12-31)23(33)32-20-3-1-2-17(10-20)24(28,29)30/h1-11H,13H2,(H,32,33)/b16-8+. The highest BCUT2D eigenvalue weighted by Gasteiger charge is 2.30. The van der Waals surface area contributed by atoms with Gasteiger partial charge in [-0.2, -0.15) is 18.4 Å². The van der Waals surface area contributed by atoms with Gasteiger partial charge in [0.1, 0.15) is 29.8 Å². The van der Waals surface area contributed by atoms with Crippen LogP contribution in [0.15, 0.2) is 66.2 Å². The molecule has 34 heavy (non-hydrogen) atoms. The second-order valence-corrected chi connectivity index (χ2v) is 7.77. The average Bonchev–Trinajstić information content (AvgIpc) is 2.77. The van der Waals surface area contributed by atoms with E-state index < -0.39 is 29.0 Å². The molecule has 0 spiro atoms. The molecule has 3 aromatic rings. The average molecular weight is 509 g/mol. The number of halogens is 6. The molecule has 1 N–H and O–H groups in total. The first-order valence-corrected chi connectivity index (χ1v) is 10.3. The number of ether oxygens (including phenoxy) is 1. The second-order valence-electron chi connectivity index (χ2n) is 6.92. The van der Waals surface area contributed by atoms with Crippen LogP contribution >= 0.6 is 23.2 Å². The summed E-state index contributed by atoms with van der Waals surface area (Å²) in [6.45, 7) is 0.000784. The molecule has 3 aromatic carbocycles. The fraction of sp³-hybridized carbons (Fsp3) is 0.0833. The van der Waals surface area contributed by atoms with Crippen molar-refractivity contribution in [1.82, 2.24) is 0 Å². The summed E-state index contributed by atoms with van der Waals surface area (Å²) < 4.78 is 57.6. The summed E-state index contributed by atoms with van der Waals surface area (Å²) >= 11 is 12.3. The summed E-state index contributed by atoms with van der Waals surface area (Å²) in [4.78, 5) is 12.6. The van der Waals surface area contributed by atoms with E-state index in [1.165, 1.54) is 42.5 Å². The van der Waals surface area contributed by atoms with Gasteiger partial charge in [-0.3, -0.25) is 4.79 Å². The van der Waals surface area contributed by atoms with Crippen LogP contribution in [0, 0.1) is 17.1 Å². The molecule has 0 atom stereocenters. The molecular weight excluding hydrogens is 495 g/mol. The summed E-state index contributed by atoms with van der Waals surface area (Å²) in [7, 11) is 0. The highest BCUT2D eigenvalue weighted by Crippen LogP contribution is 2.35. The topological polar surface area (TPSA) is 62.1 Å². The van der Waals surface area contributed by atoms with Crippen LogP contribution in [-0.2, 0) is 17.6 Å². The van der Waals surface area contributed by atoms with Crippen LogP contribution < -0.4 is 10.1 Å². The molecule has 4 nitrogen and oxygen atoms in total. The van der Waals surface area contributed by atoms with Crippen molar-refractivity contribution in [3.05, 3.63) is 98.8 Å². The molecule has 3 rings (SSSR count). The van der Waals surface area contributed by atoms with Gasteiger partial charge in [0, 0.05) is 16.3 Å². The molecule has 0 radical (unpaired) electrons. The lowest BCUT2D eigenvalue weighted by atomic mass is 10.1. The summed E-state index contributed by atoms with van der Waals surface area (Å²) in [5, 5.41) is 12.0. The summed E-state index contributed by atoms with van der Waals surface area (Å²) in [5.74, 6) is -1.25. The molecule has 0 aliphatic carbocycles. The van der Waals surface area contributed by atoms with E-state index in [1.54, 1.807) is 6.07 Å². The first-order valence-electron chi connectivity index (χ1n) is 9.53. The lowest BCUT2D eigenvalue weighted by Gasteiger charge is -2.13. The van der Waals surface area contributed by atoms with Crippen molar-refractivity contribution in [3.63, 3.8) is 0 Å². The highest BCUT2D eigenvalue weighted by molar-refractivity contribution is 6.36. The predicted molar refractivity (Wildman–Crippen MR) is 121 cm³/mol. The van der Waals surface area contributed by atoms with E-state index >= 15 is 0 Å². The van der Waals surface area contributed by atoms with E-state index in [4.69, 9.17) is 27.9 Å². The smallest absolute Gasteiger partial charge is 0.416 e. The fourth-order valence-corrected chi connectivity index (χ4v) is 3.42. The number of nitrogens with zero attached hydrogens (tertiary/aromatic N) is 1. The molecule has 0 saturated heterocycles. The van der Waals surface area contributed by atoms with Crippen molar-refractivity contribution >= 4 is 40.9 Å². The van der Waals surface area contributed by atoms with E-state index in [9.17, 15) is 27.6 Å². The molecule has 1 amide bonds. The Bertz CT molecular complexity index is 1280. The minimum Gasteiger partial charge on any atom is -0.487 e. The molecule has 0 fully saturated rings. The summed E-state index contributed by atoms with van der Waals surface area (Å²) in [6.07, 6.45) is -3.44. The highest BCUT2D eigenvalue weighted by atomic mass is 35.5. The lowest BCUT2D eigenvalue weighted by Crippen LogP contribution is -2.14. The Morgan fingerprint density at radius 2 is 1.79 bits per heavy atom. The Morgan fingerprint density at radius 1 is 1.09 bits per heavy atom. The number of alkyl halides is 3. The molecule has 0 aromatic heterocycles. The number of rotatable bonds is 6. The van der Waals surface area contributed by atoms with Crippen LogP contribution in [0.25, 0.3) is 6.08 Å². The number of carbonyl (C=O) groups is 1. The molecule has 0 aliphatic rings. The molecular formula is C24H14Cl2F4N2O2. The van der Waals surface area contributed by atoms with Gasteiger partial charge in [-0.25, -0.2) is 4.39 Å². The molecule has 0 heterocycles. The minimum atomic E-state index is -4.59. The van der Waals surface area contributed by atoms with Gasteiger partial charge >= 0.3 is 6.18 Å². The maximum Gasteiger partial charge on any atom is 0.416 e. The van der Waals surface area contributed by atoms with Crippen molar-refractivity contribution in [2.45, 2.75) is 12.8 Å². The summed E-state index contributed by atoms with van der Waals surface area (Å²) in [6, 6.07) is 14.0. The van der Waals surface area contributed by atoms with Gasteiger partial charge in [-0.1, -0.05) is 41.4 Å². The van der Waals surface area contributed by atoms with Crippen LogP contribution in [0.5, 0.6) is 5.75 Å². The van der Waals surface area contributed by atoms with Gasteiger partial charge in [0.25, 0.3) is 5.91 Å². The number of nitrogens with one attached hydrogen (secondary N) is 1. The SMILES string of the molecule is N#C/C(=C\c1cc(Cl)cc(Cl)c1OCc1ccc(F)cc1)C(=O)Nc1cccc(C(F)(F)F)c1. The van der Waals surface area contributed by atoms with E-state index in [1.807, 2.05) is 0 Å². The number of amides is 1. The monoisotopic (exact) mass is 508 g/mol. The third-order valence-corrected chi connectivity index (χ3v) is 4.95. The minimum absolute atomic E-state index is 0.000784. The number of carbonyl (C=O) groups excluding carboxylic acids is 1. The van der Waals surface area contributed by atoms with Crippen LogP contribution in [0.4, 0.5) is 23.2 Å². The Morgan fingerprint density at radius 3 is 2.44 bits per heavy atom. The van der Waals surface area contributed by atoms with Gasteiger partial charge < -0.3 is 10.1 Å². The van der Waals surface area contributed by atoms with Gasteiger partial charge in [0.05, 0.1) is 10.6 Å². The third-order valence-electron chi connectivity index (χ3n) is 4.45. The van der Waals surface area contributed by atoms with E-state index in [-0.39, 0.29) is 33.7 Å². The number of benzene rings is 3. The van der Waals surface area contributed by atoms with Crippen molar-refractivity contribution in [2.24, 2.45) is 0 Å². The Kier molecular flexibility index (Phi) is 7.82. The first kappa shape index (κ1) is 25.1. The van der Waals surface area contributed by atoms with E-state index in [0.717, 1.165) is 24.3 Å². The lowest BCUT2D eigenvalue weighted by molar-refractivity contribution is -0.137. The van der Waals surface area contributed by atoms with E-state index in [2.05, 4.69) is 5.32 Å². The fourth-order valence-electron chi connectivity index (χ4n) is 2.85. The van der Waals surface area contributed by atoms with Crippen LogP contribution in [0.3, 0.4) is 0 Å². The quantitative estimate of drug-likeness (QED) is 0.216. The number of anilines is 1. The summed E-state index contributed by atoms with van der Waals surface area (Å²) in [5.41, 5.74) is -0.702. The number of hydrogen-bond donors (Lipinski definition) is 1. The Hall–Kier alpha value is -3.54.